The summed E-state index contributed by atoms with van der Waals surface area (Å²) >= 11 is 0. The number of Topliss-reactive ketones (excluding diaryl/α,β-unsaturated/α-hetero) is 1. The first-order valence-electron chi connectivity index (χ1n) is 11.2. The summed E-state index contributed by atoms with van der Waals surface area (Å²) in [6.07, 6.45) is 12.1. The fraction of sp³-hybridized carbons (Fsp3) is 0.833. The number of nitrogens with zero attached hydrogens (tertiary/aromatic N) is 1. The van der Waals surface area contributed by atoms with Gasteiger partial charge in [0, 0.05) is 30.3 Å². The molecule has 0 aromatic rings. The van der Waals surface area contributed by atoms with Crippen LogP contribution in [0.3, 0.4) is 0 Å². The van der Waals surface area contributed by atoms with Gasteiger partial charge in [-0.05, 0) is 74.2 Å². The molecule has 0 aromatic carbocycles. The van der Waals surface area contributed by atoms with Crippen molar-refractivity contribution in [2.24, 2.45) is 40.4 Å². The summed E-state index contributed by atoms with van der Waals surface area (Å²) in [6, 6.07) is 0.347. The molecule has 27 heavy (non-hydrogen) atoms. The van der Waals surface area contributed by atoms with Crippen LogP contribution in [-0.4, -0.2) is 29.7 Å². The van der Waals surface area contributed by atoms with Gasteiger partial charge < -0.3 is 4.90 Å². The monoisotopic (exact) mass is 371 g/mol. The van der Waals surface area contributed by atoms with Gasteiger partial charge in [-0.3, -0.25) is 9.59 Å². The summed E-state index contributed by atoms with van der Waals surface area (Å²) in [4.78, 5) is 27.3. The van der Waals surface area contributed by atoms with Crippen molar-refractivity contribution in [3.8, 4) is 0 Å². The molecule has 8 atom stereocenters. The average Bonchev–Trinajstić information content (AvgIpc) is 3.01. The minimum Gasteiger partial charge on any atom is -0.338 e. The van der Waals surface area contributed by atoms with E-state index in [2.05, 4.69) is 33.8 Å². The molecule has 0 saturated heterocycles. The Morgan fingerprint density at radius 3 is 2.63 bits per heavy atom. The molecule has 3 nitrogen and oxygen atoms in total. The van der Waals surface area contributed by atoms with Crippen LogP contribution in [0, 0.1) is 40.4 Å². The van der Waals surface area contributed by atoms with E-state index in [0.717, 1.165) is 19.3 Å². The molecular weight excluding hydrogens is 334 g/mol. The summed E-state index contributed by atoms with van der Waals surface area (Å²) in [7, 11) is 1.98. The van der Waals surface area contributed by atoms with E-state index in [0.29, 0.717) is 29.6 Å². The number of hydrogen-bond donors (Lipinski definition) is 0. The van der Waals surface area contributed by atoms with Crippen molar-refractivity contribution in [2.75, 3.05) is 7.05 Å². The topological polar surface area (TPSA) is 37.4 Å². The van der Waals surface area contributed by atoms with Gasteiger partial charge in [-0.2, -0.15) is 0 Å². The second-order valence-corrected chi connectivity index (χ2v) is 10.5. The van der Waals surface area contributed by atoms with E-state index in [1.807, 2.05) is 18.0 Å². The predicted octanol–water partition coefficient (Wildman–Crippen LogP) is 4.86. The van der Waals surface area contributed by atoms with Crippen LogP contribution in [0.25, 0.3) is 0 Å². The summed E-state index contributed by atoms with van der Waals surface area (Å²) in [5, 5.41) is 0. The summed E-state index contributed by atoms with van der Waals surface area (Å²) < 4.78 is 0. The fourth-order valence-corrected chi connectivity index (χ4v) is 7.75. The molecule has 0 aromatic heterocycles. The normalized spacial score (nSPS) is 47.2. The van der Waals surface area contributed by atoms with Crippen molar-refractivity contribution in [1.82, 2.24) is 4.90 Å². The van der Waals surface area contributed by atoms with E-state index in [1.54, 1.807) is 0 Å². The van der Waals surface area contributed by atoms with Crippen molar-refractivity contribution < 1.29 is 9.59 Å². The van der Waals surface area contributed by atoms with Gasteiger partial charge in [0.05, 0.1) is 0 Å². The molecule has 4 aliphatic rings. The molecule has 4 rings (SSSR count). The quantitative estimate of drug-likeness (QED) is 0.710. The van der Waals surface area contributed by atoms with E-state index < -0.39 is 0 Å². The van der Waals surface area contributed by atoms with Crippen LogP contribution in [0.1, 0.15) is 72.6 Å². The number of rotatable bonds is 3. The summed E-state index contributed by atoms with van der Waals surface area (Å²) in [5.74, 6) is 3.22. The number of likely N-dealkylation sites (N-methyl/N-ethyl adjacent to an activating group) is 1. The van der Waals surface area contributed by atoms with Crippen LogP contribution < -0.4 is 0 Å². The number of amides is 1. The van der Waals surface area contributed by atoms with Gasteiger partial charge >= 0.3 is 0 Å². The SMILES string of the molecule is CCC(C)C(=O)[C@H]1CC[C@H]2[C@@H]3CCC4N(C)C(=O)C=C[C@]4(C)[C@H]3CC[C@]12C. The van der Waals surface area contributed by atoms with Crippen molar-refractivity contribution in [3.05, 3.63) is 12.2 Å². The Labute approximate surface area is 165 Å². The molecule has 0 bridgehead atoms. The highest BCUT2D eigenvalue weighted by atomic mass is 16.2. The van der Waals surface area contributed by atoms with E-state index in [4.69, 9.17) is 0 Å². The first-order valence-corrected chi connectivity index (χ1v) is 11.2. The molecule has 1 aliphatic heterocycles. The lowest BCUT2D eigenvalue weighted by molar-refractivity contribution is -0.142. The lowest BCUT2D eigenvalue weighted by Gasteiger charge is -2.60. The lowest BCUT2D eigenvalue weighted by atomic mass is 9.47. The van der Waals surface area contributed by atoms with Crippen molar-refractivity contribution >= 4 is 11.7 Å². The Morgan fingerprint density at radius 1 is 1.19 bits per heavy atom. The van der Waals surface area contributed by atoms with Gasteiger partial charge in [-0.15, -0.1) is 0 Å². The Bertz CT molecular complexity index is 669. The molecule has 1 amide bonds. The van der Waals surface area contributed by atoms with Crippen molar-refractivity contribution in [2.45, 2.75) is 78.7 Å². The Balaban J connectivity index is 1.62. The second-order valence-electron chi connectivity index (χ2n) is 10.5. The molecule has 2 unspecified atom stereocenters. The van der Waals surface area contributed by atoms with Gasteiger partial charge in [0.25, 0.3) is 0 Å². The molecule has 3 fully saturated rings. The molecule has 1 heterocycles. The van der Waals surface area contributed by atoms with Crippen LogP contribution in [0.2, 0.25) is 0 Å². The molecule has 3 heteroatoms. The maximum absolute atomic E-state index is 13.1. The van der Waals surface area contributed by atoms with E-state index in [9.17, 15) is 9.59 Å². The Hall–Kier alpha value is -1.12. The van der Waals surface area contributed by atoms with Gasteiger partial charge in [0.15, 0.2) is 0 Å². The maximum Gasteiger partial charge on any atom is 0.246 e. The highest BCUT2D eigenvalue weighted by Crippen LogP contribution is 2.65. The van der Waals surface area contributed by atoms with E-state index in [1.165, 1.54) is 25.7 Å². The van der Waals surface area contributed by atoms with Gasteiger partial charge in [-0.1, -0.05) is 33.8 Å². The van der Waals surface area contributed by atoms with Crippen molar-refractivity contribution in [3.63, 3.8) is 0 Å². The Kier molecular flexibility index (Phi) is 4.59. The van der Waals surface area contributed by atoms with E-state index in [-0.39, 0.29) is 28.6 Å². The van der Waals surface area contributed by atoms with Crippen LogP contribution in [0.5, 0.6) is 0 Å². The highest BCUT2D eigenvalue weighted by Gasteiger charge is 2.61. The Morgan fingerprint density at radius 2 is 1.93 bits per heavy atom. The number of ketones is 1. The minimum atomic E-state index is 0.103. The smallest absolute Gasteiger partial charge is 0.246 e. The zero-order valence-electron chi connectivity index (χ0n) is 17.8. The average molecular weight is 372 g/mol. The summed E-state index contributed by atoms with van der Waals surface area (Å²) in [6.45, 7) is 9.10. The number of carbonyl (C=O) groups excluding carboxylic acids is 2. The van der Waals surface area contributed by atoms with Crippen LogP contribution in [0.15, 0.2) is 12.2 Å². The van der Waals surface area contributed by atoms with Gasteiger partial charge in [0.2, 0.25) is 5.91 Å². The summed E-state index contributed by atoms with van der Waals surface area (Å²) in [5.41, 5.74) is 0.302. The molecule has 0 spiro atoms. The number of fused-ring (bicyclic) bond motifs is 5. The molecule has 150 valence electrons. The van der Waals surface area contributed by atoms with Crippen LogP contribution in [-0.2, 0) is 9.59 Å². The first-order chi connectivity index (χ1) is 12.7. The highest BCUT2D eigenvalue weighted by molar-refractivity contribution is 5.89. The van der Waals surface area contributed by atoms with Gasteiger partial charge in [0.1, 0.15) is 5.78 Å². The zero-order valence-corrected chi connectivity index (χ0v) is 17.8. The van der Waals surface area contributed by atoms with Crippen molar-refractivity contribution in [1.29, 1.82) is 0 Å². The third-order valence-electron chi connectivity index (χ3n) is 9.57. The molecule has 3 saturated carbocycles. The van der Waals surface area contributed by atoms with Gasteiger partial charge in [-0.25, -0.2) is 0 Å². The third-order valence-corrected chi connectivity index (χ3v) is 9.57. The number of hydrogen-bond acceptors (Lipinski definition) is 2. The molecule has 0 radical (unpaired) electrons. The van der Waals surface area contributed by atoms with Crippen LogP contribution >= 0.6 is 0 Å². The first kappa shape index (κ1) is 19.2. The minimum absolute atomic E-state index is 0.103. The standard InChI is InChI=1S/C24H37NO2/c1-6-15(2)22(27)19-9-8-17-16-7-10-20-24(4,14-12-21(26)25(20)5)18(16)11-13-23(17,19)3/h12,14-20H,6-11,13H2,1-5H3/t15?,16-,17-,18-,19+,20?,23-,24+/m0/s1. The van der Waals surface area contributed by atoms with E-state index >= 15 is 0 Å². The molecule has 3 aliphatic carbocycles. The fourth-order valence-electron chi connectivity index (χ4n) is 7.75. The molecule has 0 N–H and O–H groups in total. The number of carbonyl (C=O) groups is 2. The largest absolute Gasteiger partial charge is 0.338 e. The van der Waals surface area contributed by atoms with Crippen LogP contribution in [0.4, 0.5) is 0 Å². The maximum atomic E-state index is 13.1. The second kappa shape index (κ2) is 6.46. The lowest BCUT2D eigenvalue weighted by Crippen LogP contribution is -2.59. The molecular formula is C24H37NO2. The zero-order chi connectivity index (χ0) is 19.6. The predicted molar refractivity (Wildman–Crippen MR) is 108 cm³/mol. The third kappa shape index (κ3) is 2.59.